The Morgan fingerprint density at radius 1 is 1.33 bits per heavy atom. The van der Waals surface area contributed by atoms with Crippen LogP contribution >= 0.6 is 0 Å². The van der Waals surface area contributed by atoms with Gasteiger partial charge in [0.05, 0.1) is 18.6 Å². The number of hydrogen-bond donors (Lipinski definition) is 1. The number of carbonyl (C=O) groups excluding carboxylic acids is 1. The van der Waals surface area contributed by atoms with Crippen LogP contribution in [-0.4, -0.2) is 21.2 Å². The van der Waals surface area contributed by atoms with Gasteiger partial charge in [-0.3, -0.25) is 0 Å². The second-order valence-electron chi connectivity index (χ2n) is 7.66. The molecule has 5 heteroatoms. The van der Waals surface area contributed by atoms with E-state index in [1.54, 1.807) is 6.20 Å². The molecule has 1 rings (SSSR count). The van der Waals surface area contributed by atoms with Crippen LogP contribution in [0.5, 0.6) is 0 Å². The number of aromatic nitrogens is 2. The molecule has 120 valence electrons. The van der Waals surface area contributed by atoms with Crippen molar-refractivity contribution >= 4 is 6.09 Å². The maximum absolute atomic E-state index is 11.7. The van der Waals surface area contributed by atoms with Crippen LogP contribution in [0.1, 0.15) is 54.2 Å². The van der Waals surface area contributed by atoms with Gasteiger partial charge in [-0.05, 0) is 32.1 Å². The molecule has 5 nitrogen and oxygen atoms in total. The molecule has 1 aromatic rings. The van der Waals surface area contributed by atoms with Crippen LogP contribution in [0.15, 0.2) is 12.5 Å². The molecule has 1 heterocycles. The summed E-state index contributed by atoms with van der Waals surface area (Å²) in [7, 11) is 0. The van der Waals surface area contributed by atoms with E-state index in [-0.39, 0.29) is 5.41 Å². The van der Waals surface area contributed by atoms with E-state index in [0.29, 0.717) is 12.5 Å². The number of ether oxygens (including phenoxy) is 1. The Morgan fingerprint density at radius 2 is 1.95 bits per heavy atom. The van der Waals surface area contributed by atoms with Crippen molar-refractivity contribution in [1.82, 2.24) is 14.9 Å². The fourth-order valence-electron chi connectivity index (χ4n) is 1.71. The van der Waals surface area contributed by atoms with E-state index in [9.17, 15) is 4.79 Å². The number of alkyl carbamates (subject to hydrolysis) is 1. The summed E-state index contributed by atoms with van der Waals surface area (Å²) in [6.45, 7) is 15.8. The van der Waals surface area contributed by atoms with Crippen LogP contribution in [0.2, 0.25) is 0 Å². The zero-order valence-electron chi connectivity index (χ0n) is 14.4. The molecular weight excluding hydrogens is 266 g/mol. The van der Waals surface area contributed by atoms with Gasteiger partial charge in [0.25, 0.3) is 0 Å². The highest BCUT2D eigenvalue weighted by atomic mass is 16.6. The minimum Gasteiger partial charge on any atom is -0.444 e. The number of rotatable bonds is 4. The molecule has 0 aliphatic rings. The van der Waals surface area contributed by atoms with E-state index < -0.39 is 11.7 Å². The highest BCUT2D eigenvalue weighted by Gasteiger charge is 2.21. The largest absolute Gasteiger partial charge is 0.444 e. The summed E-state index contributed by atoms with van der Waals surface area (Å²) < 4.78 is 7.32. The van der Waals surface area contributed by atoms with Crippen LogP contribution in [-0.2, 0) is 17.8 Å². The Kier molecular flexibility index (Phi) is 5.42. The fourth-order valence-corrected chi connectivity index (χ4v) is 1.71. The summed E-state index contributed by atoms with van der Waals surface area (Å²) in [6.07, 6.45) is 3.19. The van der Waals surface area contributed by atoms with E-state index in [2.05, 4.69) is 42.6 Å². The maximum Gasteiger partial charge on any atom is 0.407 e. The number of amides is 1. The van der Waals surface area contributed by atoms with Crippen LogP contribution < -0.4 is 5.32 Å². The molecule has 1 amide bonds. The maximum atomic E-state index is 11.7. The van der Waals surface area contributed by atoms with Gasteiger partial charge in [0.2, 0.25) is 0 Å². The van der Waals surface area contributed by atoms with E-state index in [1.165, 1.54) is 0 Å². The van der Waals surface area contributed by atoms with Gasteiger partial charge < -0.3 is 14.6 Å². The molecule has 21 heavy (non-hydrogen) atoms. The van der Waals surface area contributed by atoms with Crippen molar-refractivity contribution in [3.63, 3.8) is 0 Å². The first-order chi connectivity index (χ1) is 9.49. The molecule has 0 spiro atoms. The van der Waals surface area contributed by atoms with Gasteiger partial charge >= 0.3 is 6.09 Å². The molecule has 0 radical (unpaired) electrons. The average Bonchev–Trinajstić information content (AvgIpc) is 2.70. The van der Waals surface area contributed by atoms with Crippen LogP contribution in [0.4, 0.5) is 4.79 Å². The number of hydrogen-bond acceptors (Lipinski definition) is 3. The van der Waals surface area contributed by atoms with Crippen molar-refractivity contribution < 1.29 is 9.53 Å². The van der Waals surface area contributed by atoms with E-state index >= 15 is 0 Å². The number of carbonyl (C=O) groups is 1. The Balaban J connectivity index is 2.58. The standard InChI is InChI=1S/C16H29N3O2/c1-12(15(2,3)4)10-19-11-17-8-13(19)9-18-14(20)21-16(5,6)7/h8,11-12H,9-10H2,1-7H3,(H,18,20). The molecular formula is C16H29N3O2. The number of nitrogens with zero attached hydrogens (tertiary/aromatic N) is 2. The molecule has 0 bridgehead atoms. The van der Waals surface area contributed by atoms with Crippen molar-refractivity contribution in [2.45, 2.75) is 67.2 Å². The lowest BCUT2D eigenvalue weighted by Gasteiger charge is -2.28. The minimum absolute atomic E-state index is 0.236. The normalized spacial score (nSPS) is 13.9. The first-order valence-corrected chi connectivity index (χ1v) is 7.45. The summed E-state index contributed by atoms with van der Waals surface area (Å²) in [4.78, 5) is 15.9. The monoisotopic (exact) mass is 295 g/mol. The summed E-state index contributed by atoms with van der Waals surface area (Å²) in [5.74, 6) is 0.506. The van der Waals surface area contributed by atoms with Gasteiger partial charge in [0.15, 0.2) is 0 Å². The Morgan fingerprint density at radius 3 is 2.48 bits per heavy atom. The predicted octanol–water partition coefficient (Wildman–Crippen LogP) is 3.59. The van der Waals surface area contributed by atoms with Crippen molar-refractivity contribution in [2.75, 3.05) is 0 Å². The Labute approximate surface area is 128 Å². The van der Waals surface area contributed by atoms with Gasteiger partial charge in [-0.1, -0.05) is 27.7 Å². The third-order valence-corrected chi connectivity index (χ3v) is 3.56. The van der Waals surface area contributed by atoms with Gasteiger partial charge in [-0.2, -0.15) is 0 Å². The van der Waals surface area contributed by atoms with Crippen molar-refractivity contribution in [3.05, 3.63) is 18.2 Å². The minimum atomic E-state index is -0.481. The quantitative estimate of drug-likeness (QED) is 0.923. The van der Waals surface area contributed by atoms with Crippen LogP contribution in [0.25, 0.3) is 0 Å². The lowest BCUT2D eigenvalue weighted by atomic mass is 9.82. The molecule has 0 aliphatic carbocycles. The lowest BCUT2D eigenvalue weighted by Crippen LogP contribution is -2.33. The summed E-state index contributed by atoms with van der Waals surface area (Å²) in [5, 5.41) is 2.77. The molecule has 0 saturated heterocycles. The van der Waals surface area contributed by atoms with Gasteiger partial charge in [-0.15, -0.1) is 0 Å². The smallest absolute Gasteiger partial charge is 0.407 e. The Bertz CT molecular complexity index is 467. The van der Waals surface area contributed by atoms with Crippen molar-refractivity contribution in [2.24, 2.45) is 11.3 Å². The zero-order valence-corrected chi connectivity index (χ0v) is 14.4. The second kappa shape index (κ2) is 6.50. The Hall–Kier alpha value is -1.52. The first-order valence-electron chi connectivity index (χ1n) is 7.45. The van der Waals surface area contributed by atoms with E-state index in [0.717, 1.165) is 12.2 Å². The molecule has 1 unspecified atom stereocenters. The number of nitrogens with one attached hydrogen (secondary N) is 1. The van der Waals surface area contributed by atoms with Crippen molar-refractivity contribution in [1.29, 1.82) is 0 Å². The third-order valence-electron chi connectivity index (χ3n) is 3.56. The molecule has 1 atom stereocenters. The molecule has 0 saturated carbocycles. The molecule has 1 aromatic heterocycles. The second-order valence-corrected chi connectivity index (χ2v) is 7.66. The lowest BCUT2D eigenvalue weighted by molar-refractivity contribution is 0.0522. The van der Waals surface area contributed by atoms with E-state index in [4.69, 9.17) is 4.74 Å². The highest BCUT2D eigenvalue weighted by molar-refractivity contribution is 5.67. The molecule has 0 aliphatic heterocycles. The van der Waals surface area contributed by atoms with Crippen LogP contribution in [0.3, 0.4) is 0 Å². The summed E-state index contributed by atoms with van der Waals surface area (Å²) in [6, 6.07) is 0. The van der Waals surface area contributed by atoms with Gasteiger partial charge in [0.1, 0.15) is 5.60 Å². The summed E-state index contributed by atoms with van der Waals surface area (Å²) in [5.41, 5.74) is 0.738. The highest BCUT2D eigenvalue weighted by Crippen LogP contribution is 2.27. The third kappa shape index (κ3) is 6.19. The molecule has 0 fully saturated rings. The predicted molar refractivity (Wildman–Crippen MR) is 83.9 cm³/mol. The zero-order chi connectivity index (χ0) is 16.3. The first kappa shape index (κ1) is 17.5. The SMILES string of the molecule is CC(Cn1cncc1CNC(=O)OC(C)(C)C)C(C)(C)C. The van der Waals surface area contributed by atoms with Crippen LogP contribution in [0, 0.1) is 11.3 Å². The topological polar surface area (TPSA) is 56.2 Å². The summed E-state index contributed by atoms with van der Waals surface area (Å²) >= 11 is 0. The van der Waals surface area contributed by atoms with Crippen molar-refractivity contribution in [3.8, 4) is 0 Å². The van der Waals surface area contributed by atoms with Gasteiger partial charge in [0, 0.05) is 12.7 Å². The van der Waals surface area contributed by atoms with E-state index in [1.807, 2.05) is 27.1 Å². The van der Waals surface area contributed by atoms with Gasteiger partial charge in [-0.25, -0.2) is 9.78 Å². The molecule has 1 N–H and O–H groups in total. The molecule has 0 aromatic carbocycles. The number of imidazole rings is 1. The fraction of sp³-hybridized carbons (Fsp3) is 0.750. The average molecular weight is 295 g/mol.